The zero-order valence-corrected chi connectivity index (χ0v) is 10.4. The lowest BCUT2D eigenvalue weighted by Crippen LogP contribution is -2.09. The molecule has 0 radical (unpaired) electrons. The number of alkyl halides is 1. The number of hydrogen-bond donors (Lipinski definition) is 0. The molecule has 0 aliphatic rings. The lowest BCUT2D eigenvalue weighted by atomic mass is 10.4. The minimum Gasteiger partial charge on any atom is -0.469 e. The van der Waals surface area contributed by atoms with Gasteiger partial charge in [0.05, 0.1) is 14.2 Å². The van der Waals surface area contributed by atoms with Gasteiger partial charge >= 0.3 is 11.9 Å². The third-order valence-electron chi connectivity index (χ3n) is 1.23. The third kappa shape index (κ3) is 14.0. The van der Waals surface area contributed by atoms with E-state index in [4.69, 9.17) is 0 Å². The molecule has 0 aromatic carbocycles. The van der Waals surface area contributed by atoms with Gasteiger partial charge in [0.1, 0.15) is 6.42 Å². The number of hydrogen-bond acceptors (Lipinski definition) is 4. The van der Waals surface area contributed by atoms with Crippen molar-refractivity contribution in [2.24, 2.45) is 0 Å². The van der Waals surface area contributed by atoms with Gasteiger partial charge in [-0.15, -0.1) is 0 Å². The average Bonchev–Trinajstić information content (AvgIpc) is 2.19. The van der Waals surface area contributed by atoms with Crippen molar-refractivity contribution in [2.75, 3.05) is 19.5 Å². The van der Waals surface area contributed by atoms with Gasteiger partial charge in [0.25, 0.3) is 0 Å². The lowest BCUT2D eigenvalue weighted by molar-refractivity contribution is -0.151. The number of ether oxygens (including phenoxy) is 2. The Hall–Kier alpha value is -0.580. The molecular formula is C9H17BrO4. The molecule has 0 fully saturated rings. The van der Waals surface area contributed by atoms with E-state index < -0.39 is 11.9 Å². The Bertz CT molecular complexity index is 143. The van der Waals surface area contributed by atoms with E-state index in [1.807, 2.05) is 0 Å². The van der Waals surface area contributed by atoms with Gasteiger partial charge in [0, 0.05) is 5.33 Å². The molecule has 0 rings (SSSR count). The van der Waals surface area contributed by atoms with Crippen LogP contribution in [0.2, 0.25) is 0 Å². The van der Waals surface area contributed by atoms with Gasteiger partial charge in [-0.2, -0.15) is 0 Å². The molecule has 84 valence electrons. The van der Waals surface area contributed by atoms with Crippen molar-refractivity contribution in [3.05, 3.63) is 0 Å². The van der Waals surface area contributed by atoms with E-state index in [2.05, 4.69) is 32.3 Å². The van der Waals surface area contributed by atoms with Crippen LogP contribution in [0.5, 0.6) is 0 Å². The highest BCUT2D eigenvalue weighted by molar-refractivity contribution is 9.09. The Morgan fingerprint density at radius 1 is 1.14 bits per heavy atom. The summed E-state index contributed by atoms with van der Waals surface area (Å²) in [5.74, 6) is -1.16. The van der Waals surface area contributed by atoms with Crippen molar-refractivity contribution in [3.8, 4) is 0 Å². The van der Waals surface area contributed by atoms with Gasteiger partial charge in [-0.1, -0.05) is 29.3 Å². The summed E-state index contributed by atoms with van der Waals surface area (Å²) in [5.41, 5.74) is 0. The molecule has 4 nitrogen and oxygen atoms in total. The van der Waals surface area contributed by atoms with Gasteiger partial charge < -0.3 is 9.47 Å². The summed E-state index contributed by atoms with van der Waals surface area (Å²) in [6, 6.07) is 0. The fraction of sp³-hybridized carbons (Fsp3) is 0.778. The van der Waals surface area contributed by atoms with Crippen LogP contribution in [0.25, 0.3) is 0 Å². The van der Waals surface area contributed by atoms with E-state index in [9.17, 15) is 9.59 Å². The first kappa shape index (κ1) is 15.9. The van der Waals surface area contributed by atoms with Crippen LogP contribution in [0.1, 0.15) is 26.2 Å². The van der Waals surface area contributed by atoms with Gasteiger partial charge in [-0.05, 0) is 6.42 Å². The lowest BCUT2D eigenvalue weighted by Gasteiger charge is -1.95. The summed E-state index contributed by atoms with van der Waals surface area (Å²) < 4.78 is 8.37. The Labute approximate surface area is 93.1 Å². The molecule has 14 heavy (non-hydrogen) atoms. The van der Waals surface area contributed by atoms with E-state index >= 15 is 0 Å². The largest absolute Gasteiger partial charge is 0.469 e. The number of unbranched alkanes of at least 4 members (excludes halogenated alkanes) is 1. The third-order valence-corrected chi connectivity index (χ3v) is 1.79. The number of esters is 2. The predicted octanol–water partition coefficient (Wildman–Crippen LogP) is 1.90. The molecule has 0 aliphatic heterocycles. The topological polar surface area (TPSA) is 52.6 Å². The van der Waals surface area contributed by atoms with E-state index in [1.54, 1.807) is 0 Å². The number of carbonyl (C=O) groups is 2. The number of halogens is 1. The Kier molecular flexibility index (Phi) is 14.1. The van der Waals surface area contributed by atoms with Crippen LogP contribution in [-0.4, -0.2) is 31.5 Å². The van der Waals surface area contributed by atoms with Gasteiger partial charge in [0.2, 0.25) is 0 Å². The summed E-state index contributed by atoms with van der Waals surface area (Å²) in [6.45, 7) is 2.18. The normalized spacial score (nSPS) is 8.29. The van der Waals surface area contributed by atoms with Crippen molar-refractivity contribution in [3.63, 3.8) is 0 Å². The quantitative estimate of drug-likeness (QED) is 0.444. The summed E-state index contributed by atoms with van der Waals surface area (Å²) in [6.07, 6.45) is 2.29. The zero-order chi connectivity index (χ0) is 11.4. The van der Waals surface area contributed by atoms with Crippen LogP contribution in [0.15, 0.2) is 0 Å². The van der Waals surface area contributed by atoms with E-state index in [-0.39, 0.29) is 6.42 Å². The van der Waals surface area contributed by atoms with Crippen molar-refractivity contribution in [1.29, 1.82) is 0 Å². The van der Waals surface area contributed by atoms with Gasteiger partial charge in [0.15, 0.2) is 0 Å². The maximum Gasteiger partial charge on any atom is 0.316 e. The fourth-order valence-corrected chi connectivity index (χ4v) is 0.957. The fourth-order valence-electron chi connectivity index (χ4n) is 0.396. The maximum atomic E-state index is 10.3. The smallest absolute Gasteiger partial charge is 0.316 e. The molecule has 0 unspecified atom stereocenters. The number of rotatable bonds is 4. The molecule has 0 aromatic heterocycles. The Morgan fingerprint density at radius 2 is 1.57 bits per heavy atom. The van der Waals surface area contributed by atoms with Crippen LogP contribution in [0, 0.1) is 0 Å². The first-order chi connectivity index (χ1) is 6.62. The first-order valence-corrected chi connectivity index (χ1v) is 5.44. The van der Waals surface area contributed by atoms with Gasteiger partial charge in [-0.25, -0.2) is 0 Å². The molecular weight excluding hydrogens is 252 g/mol. The highest BCUT2D eigenvalue weighted by Crippen LogP contribution is 1.89. The van der Waals surface area contributed by atoms with Crippen LogP contribution in [0.4, 0.5) is 0 Å². The zero-order valence-electron chi connectivity index (χ0n) is 8.84. The van der Waals surface area contributed by atoms with Crippen molar-refractivity contribution >= 4 is 27.9 Å². The minimum absolute atomic E-state index is 0.312. The summed E-state index contributed by atoms with van der Waals surface area (Å²) in [5, 5.41) is 1.16. The summed E-state index contributed by atoms with van der Waals surface area (Å²) in [4.78, 5) is 20.5. The van der Waals surface area contributed by atoms with Crippen LogP contribution in [0.3, 0.4) is 0 Å². The second-order valence-corrected chi connectivity index (χ2v) is 3.16. The van der Waals surface area contributed by atoms with E-state index in [1.165, 1.54) is 27.1 Å². The van der Waals surface area contributed by atoms with E-state index in [0.717, 1.165) is 5.33 Å². The molecule has 0 atom stereocenters. The van der Waals surface area contributed by atoms with Crippen molar-refractivity contribution in [2.45, 2.75) is 26.2 Å². The maximum absolute atomic E-state index is 10.3. The summed E-state index contributed by atoms with van der Waals surface area (Å²) in [7, 11) is 2.43. The summed E-state index contributed by atoms with van der Waals surface area (Å²) >= 11 is 3.31. The Morgan fingerprint density at radius 3 is 1.71 bits per heavy atom. The van der Waals surface area contributed by atoms with Crippen LogP contribution >= 0.6 is 15.9 Å². The molecule has 0 saturated heterocycles. The predicted molar refractivity (Wildman–Crippen MR) is 57.4 cm³/mol. The molecule has 5 heteroatoms. The molecule has 0 N–H and O–H groups in total. The van der Waals surface area contributed by atoms with Crippen LogP contribution in [-0.2, 0) is 19.1 Å². The first-order valence-electron chi connectivity index (χ1n) is 4.31. The second-order valence-electron chi connectivity index (χ2n) is 2.37. The van der Waals surface area contributed by atoms with Crippen LogP contribution < -0.4 is 0 Å². The number of carbonyl (C=O) groups excluding carboxylic acids is 2. The number of methoxy groups -OCH3 is 2. The molecule has 0 aliphatic carbocycles. The molecule has 0 bridgehead atoms. The second kappa shape index (κ2) is 12.4. The monoisotopic (exact) mass is 268 g/mol. The molecule has 0 spiro atoms. The highest BCUT2D eigenvalue weighted by Gasteiger charge is 2.07. The average molecular weight is 269 g/mol. The minimum atomic E-state index is -0.582. The highest BCUT2D eigenvalue weighted by atomic mass is 79.9. The Balaban J connectivity index is 0. The van der Waals surface area contributed by atoms with Crippen molar-refractivity contribution in [1.82, 2.24) is 0 Å². The molecule has 0 saturated carbocycles. The van der Waals surface area contributed by atoms with Crippen molar-refractivity contribution < 1.29 is 19.1 Å². The molecule has 0 amide bonds. The molecule has 0 heterocycles. The van der Waals surface area contributed by atoms with Gasteiger partial charge in [-0.3, -0.25) is 9.59 Å². The standard InChI is InChI=1S/C5H8O4.C4H9Br/c1-8-4(6)3-5(7)9-2;1-2-3-4-5/h3H2,1-2H3;2-4H2,1H3. The van der Waals surface area contributed by atoms with E-state index in [0.29, 0.717) is 0 Å². The SMILES string of the molecule is CCCCBr.COC(=O)CC(=O)OC. The molecule has 0 aromatic rings.